The van der Waals surface area contributed by atoms with E-state index in [2.05, 4.69) is 21.9 Å². The lowest BCUT2D eigenvalue weighted by atomic mass is 10.2. The molecule has 0 radical (unpaired) electrons. The Hall–Kier alpha value is -2.48. The summed E-state index contributed by atoms with van der Waals surface area (Å²) in [5.74, 6) is 0. The van der Waals surface area contributed by atoms with Crippen molar-refractivity contribution in [1.82, 2.24) is 14.7 Å². The number of hydrogen-bond donors (Lipinski definition) is 0. The van der Waals surface area contributed by atoms with Crippen LogP contribution in [0.15, 0.2) is 30.3 Å². The summed E-state index contributed by atoms with van der Waals surface area (Å²) in [6, 6.07) is 9.99. The Morgan fingerprint density at radius 3 is 2.27 bits per heavy atom. The van der Waals surface area contributed by atoms with Crippen LogP contribution in [-0.2, 0) is 9.47 Å². The van der Waals surface area contributed by atoms with Gasteiger partial charge < -0.3 is 24.2 Å². The van der Waals surface area contributed by atoms with Crippen molar-refractivity contribution in [3.8, 4) is 0 Å². The monoisotopic (exact) mass is 418 g/mol. The third kappa shape index (κ3) is 6.01. The summed E-state index contributed by atoms with van der Waals surface area (Å²) in [5, 5.41) is 0. The molecule has 2 aliphatic rings. The molecule has 0 saturated carbocycles. The molecular formula is C22H34N4O4. The zero-order chi connectivity index (χ0) is 21.7. The fourth-order valence-electron chi connectivity index (χ4n) is 3.76. The molecule has 0 aliphatic carbocycles. The molecule has 166 valence electrons. The van der Waals surface area contributed by atoms with E-state index in [-0.39, 0.29) is 24.8 Å². The van der Waals surface area contributed by atoms with Gasteiger partial charge >= 0.3 is 12.2 Å². The highest BCUT2D eigenvalue weighted by molar-refractivity contribution is 5.70. The maximum Gasteiger partial charge on any atom is 0.410 e. The molecule has 1 unspecified atom stereocenters. The topological polar surface area (TPSA) is 65.6 Å². The second kappa shape index (κ2) is 9.55. The molecule has 8 nitrogen and oxygen atoms in total. The Bertz CT molecular complexity index is 714. The first-order chi connectivity index (χ1) is 14.2. The SMILES string of the molecule is CN1CCN(C(=O)OC(C)(C)C)C(COC(=O)N2CCN(c3ccccc3)CC2)C1. The minimum atomic E-state index is -0.555. The summed E-state index contributed by atoms with van der Waals surface area (Å²) in [4.78, 5) is 33.0. The van der Waals surface area contributed by atoms with Crippen molar-refractivity contribution in [2.45, 2.75) is 32.4 Å². The van der Waals surface area contributed by atoms with Crippen molar-refractivity contribution < 1.29 is 19.1 Å². The van der Waals surface area contributed by atoms with Crippen LogP contribution in [0, 0.1) is 0 Å². The number of ether oxygens (including phenoxy) is 2. The zero-order valence-corrected chi connectivity index (χ0v) is 18.5. The highest BCUT2D eigenvalue weighted by Gasteiger charge is 2.33. The number of amides is 2. The van der Waals surface area contributed by atoms with Crippen molar-refractivity contribution in [2.24, 2.45) is 0 Å². The number of para-hydroxylation sites is 1. The summed E-state index contributed by atoms with van der Waals surface area (Å²) in [7, 11) is 2.00. The minimum Gasteiger partial charge on any atom is -0.447 e. The minimum absolute atomic E-state index is 0.168. The van der Waals surface area contributed by atoms with E-state index in [4.69, 9.17) is 9.47 Å². The van der Waals surface area contributed by atoms with Crippen LogP contribution in [0.5, 0.6) is 0 Å². The molecule has 2 heterocycles. The number of benzene rings is 1. The van der Waals surface area contributed by atoms with E-state index in [1.165, 1.54) is 5.69 Å². The standard InChI is InChI=1S/C22H34N4O4/c1-22(2,3)30-21(28)26-15-10-23(4)16-19(26)17-29-20(27)25-13-11-24(12-14-25)18-8-6-5-7-9-18/h5-9,19H,10-17H2,1-4H3. The Morgan fingerprint density at radius 1 is 0.967 bits per heavy atom. The molecule has 2 fully saturated rings. The lowest BCUT2D eigenvalue weighted by molar-refractivity contribution is -0.0131. The van der Waals surface area contributed by atoms with Gasteiger partial charge in [0.05, 0.1) is 6.04 Å². The lowest BCUT2D eigenvalue weighted by Crippen LogP contribution is -2.57. The van der Waals surface area contributed by atoms with Gasteiger partial charge in [0.15, 0.2) is 0 Å². The van der Waals surface area contributed by atoms with Gasteiger partial charge in [-0.15, -0.1) is 0 Å². The van der Waals surface area contributed by atoms with E-state index in [1.807, 2.05) is 46.0 Å². The lowest BCUT2D eigenvalue weighted by Gasteiger charge is -2.40. The Morgan fingerprint density at radius 2 is 1.63 bits per heavy atom. The summed E-state index contributed by atoms with van der Waals surface area (Å²) < 4.78 is 11.1. The van der Waals surface area contributed by atoms with Crippen LogP contribution in [0.1, 0.15) is 20.8 Å². The van der Waals surface area contributed by atoms with Crippen LogP contribution in [0.2, 0.25) is 0 Å². The number of carbonyl (C=O) groups is 2. The average Bonchev–Trinajstić information content (AvgIpc) is 2.71. The van der Waals surface area contributed by atoms with Gasteiger partial charge in [-0.1, -0.05) is 18.2 Å². The molecule has 0 bridgehead atoms. The highest BCUT2D eigenvalue weighted by atomic mass is 16.6. The van der Waals surface area contributed by atoms with Gasteiger partial charge in [0.2, 0.25) is 0 Å². The third-order valence-corrected chi connectivity index (χ3v) is 5.37. The van der Waals surface area contributed by atoms with Crippen LogP contribution in [-0.4, -0.2) is 98.0 Å². The van der Waals surface area contributed by atoms with Crippen molar-refractivity contribution in [3.05, 3.63) is 30.3 Å². The fourth-order valence-corrected chi connectivity index (χ4v) is 3.76. The molecule has 1 aromatic carbocycles. The molecule has 2 amide bonds. The summed E-state index contributed by atoms with van der Waals surface area (Å²) in [5.41, 5.74) is 0.615. The molecular weight excluding hydrogens is 384 g/mol. The fraction of sp³-hybridized carbons (Fsp3) is 0.636. The maximum atomic E-state index is 12.6. The number of likely N-dealkylation sites (N-methyl/N-ethyl adjacent to an activating group) is 1. The Labute approximate surface area is 179 Å². The van der Waals surface area contributed by atoms with Crippen LogP contribution < -0.4 is 4.90 Å². The molecule has 2 aliphatic heterocycles. The van der Waals surface area contributed by atoms with E-state index in [9.17, 15) is 9.59 Å². The van der Waals surface area contributed by atoms with Crippen molar-refractivity contribution in [2.75, 3.05) is 64.4 Å². The average molecular weight is 419 g/mol. The molecule has 0 spiro atoms. The van der Waals surface area contributed by atoms with Gasteiger partial charge in [-0.2, -0.15) is 0 Å². The number of anilines is 1. The number of carbonyl (C=O) groups excluding carboxylic acids is 2. The first-order valence-corrected chi connectivity index (χ1v) is 10.6. The van der Waals surface area contributed by atoms with Gasteiger partial charge in [-0.05, 0) is 40.0 Å². The second-order valence-electron chi connectivity index (χ2n) is 8.98. The predicted octanol–water partition coefficient (Wildman–Crippen LogP) is 2.50. The summed E-state index contributed by atoms with van der Waals surface area (Å²) in [6.45, 7) is 10.5. The number of rotatable bonds is 3. The third-order valence-electron chi connectivity index (χ3n) is 5.37. The van der Waals surface area contributed by atoms with Crippen molar-refractivity contribution >= 4 is 17.9 Å². The van der Waals surface area contributed by atoms with Crippen molar-refractivity contribution in [1.29, 1.82) is 0 Å². The van der Waals surface area contributed by atoms with Crippen LogP contribution in [0.25, 0.3) is 0 Å². The molecule has 3 rings (SSSR count). The normalized spacial score (nSPS) is 20.8. The molecule has 0 aromatic heterocycles. The maximum absolute atomic E-state index is 12.6. The van der Waals surface area contributed by atoms with E-state index in [1.54, 1.807) is 9.80 Å². The number of piperazine rings is 2. The molecule has 1 aromatic rings. The Kier molecular flexibility index (Phi) is 7.07. The van der Waals surface area contributed by atoms with Gasteiger partial charge in [-0.3, -0.25) is 4.90 Å². The Balaban J connectivity index is 1.50. The smallest absolute Gasteiger partial charge is 0.410 e. The molecule has 8 heteroatoms. The predicted molar refractivity (Wildman–Crippen MR) is 116 cm³/mol. The van der Waals surface area contributed by atoms with E-state index in [0.29, 0.717) is 26.2 Å². The molecule has 30 heavy (non-hydrogen) atoms. The van der Waals surface area contributed by atoms with Gasteiger partial charge in [0, 0.05) is 51.5 Å². The van der Waals surface area contributed by atoms with Gasteiger partial charge in [0.1, 0.15) is 12.2 Å². The van der Waals surface area contributed by atoms with E-state index >= 15 is 0 Å². The number of nitrogens with zero attached hydrogens (tertiary/aromatic N) is 4. The largest absolute Gasteiger partial charge is 0.447 e. The number of hydrogen-bond acceptors (Lipinski definition) is 6. The first kappa shape index (κ1) is 22.2. The molecule has 0 N–H and O–H groups in total. The molecule has 2 saturated heterocycles. The van der Waals surface area contributed by atoms with E-state index < -0.39 is 5.60 Å². The molecule has 1 atom stereocenters. The quantitative estimate of drug-likeness (QED) is 0.752. The second-order valence-corrected chi connectivity index (χ2v) is 8.98. The van der Waals surface area contributed by atoms with Crippen LogP contribution in [0.4, 0.5) is 15.3 Å². The van der Waals surface area contributed by atoms with Gasteiger partial charge in [0.25, 0.3) is 0 Å². The summed E-state index contributed by atoms with van der Waals surface area (Å²) >= 11 is 0. The summed E-state index contributed by atoms with van der Waals surface area (Å²) in [6.07, 6.45) is -0.673. The van der Waals surface area contributed by atoms with Crippen molar-refractivity contribution in [3.63, 3.8) is 0 Å². The highest BCUT2D eigenvalue weighted by Crippen LogP contribution is 2.18. The zero-order valence-electron chi connectivity index (χ0n) is 18.5. The van der Waals surface area contributed by atoms with Gasteiger partial charge in [-0.25, -0.2) is 9.59 Å². The van der Waals surface area contributed by atoms with Crippen LogP contribution >= 0.6 is 0 Å². The van der Waals surface area contributed by atoms with Crippen LogP contribution in [0.3, 0.4) is 0 Å². The first-order valence-electron chi connectivity index (χ1n) is 10.6. The van der Waals surface area contributed by atoms with E-state index in [0.717, 1.165) is 19.6 Å².